The number of furan rings is 1. The third kappa shape index (κ3) is 6.74. The standard InChI is InChI=1S/C56H34N6O/c1-4-12-35(13-5-1)36-20-22-40(23-21-36)54-60-53(38-16-8-3-9-17-38)61-55(62-54)41-26-24-39(25-27-41)52-58-49(37-14-6-2-7-15-37)51-50(59-52)48-33-47(34-57-56(48)63-51)45-29-28-44-30-42-18-10-11-19-43(42)31-46(44)32-45/h1-34H. The lowest BCUT2D eigenvalue weighted by atomic mass is 9.99. The molecule has 4 heterocycles. The highest BCUT2D eigenvalue weighted by Gasteiger charge is 2.20. The van der Waals surface area contributed by atoms with Crippen LogP contribution in [0.1, 0.15) is 0 Å². The van der Waals surface area contributed by atoms with Crippen molar-refractivity contribution in [1.82, 2.24) is 29.9 Å². The van der Waals surface area contributed by atoms with Crippen LogP contribution in [-0.2, 0) is 0 Å². The maximum absolute atomic E-state index is 6.48. The molecule has 0 saturated heterocycles. The Hall–Kier alpha value is -8.68. The summed E-state index contributed by atoms with van der Waals surface area (Å²) in [6.07, 6.45) is 1.87. The predicted octanol–water partition coefficient (Wildman–Crippen LogP) is 13.9. The van der Waals surface area contributed by atoms with Crippen molar-refractivity contribution in [2.75, 3.05) is 0 Å². The van der Waals surface area contributed by atoms with Crippen molar-refractivity contribution in [2.45, 2.75) is 0 Å². The van der Waals surface area contributed by atoms with E-state index < -0.39 is 0 Å². The van der Waals surface area contributed by atoms with Crippen LogP contribution in [0.25, 0.3) is 123 Å². The number of nitrogens with zero attached hydrogens (tertiary/aromatic N) is 6. The quantitative estimate of drug-likeness (QED) is 0.148. The highest BCUT2D eigenvalue weighted by molar-refractivity contribution is 6.07. The van der Waals surface area contributed by atoms with Gasteiger partial charge in [-0.15, -0.1) is 0 Å². The molecule has 0 saturated carbocycles. The van der Waals surface area contributed by atoms with Crippen molar-refractivity contribution in [3.63, 3.8) is 0 Å². The van der Waals surface area contributed by atoms with Crippen LogP contribution >= 0.6 is 0 Å². The minimum Gasteiger partial charge on any atom is -0.434 e. The number of benzene rings is 8. The van der Waals surface area contributed by atoms with Crippen molar-refractivity contribution < 1.29 is 4.42 Å². The van der Waals surface area contributed by atoms with Gasteiger partial charge in [-0.05, 0) is 62.5 Å². The Morgan fingerprint density at radius 2 is 0.746 bits per heavy atom. The molecule has 7 heteroatoms. The normalized spacial score (nSPS) is 11.5. The van der Waals surface area contributed by atoms with Crippen LogP contribution < -0.4 is 0 Å². The SMILES string of the molecule is c1ccc(-c2ccc(-c3nc(-c4ccccc4)nc(-c4ccc(-c5nc(-c6ccccc6)c6oc7ncc(-c8ccc9cc%10ccccc%10cc9c8)cc7c6n5)cc4)n3)cc2)cc1. The third-order valence-corrected chi connectivity index (χ3v) is 11.6. The smallest absolute Gasteiger partial charge is 0.229 e. The largest absolute Gasteiger partial charge is 0.434 e. The Labute approximate surface area is 362 Å². The van der Waals surface area contributed by atoms with Crippen molar-refractivity contribution in [3.05, 3.63) is 206 Å². The Kier molecular flexibility index (Phi) is 8.67. The molecule has 12 aromatic rings. The van der Waals surface area contributed by atoms with Gasteiger partial charge in [0.05, 0.1) is 5.39 Å². The second kappa shape index (κ2) is 15.1. The molecule has 0 radical (unpaired) electrons. The molecule has 0 bridgehead atoms. The fourth-order valence-electron chi connectivity index (χ4n) is 8.29. The summed E-state index contributed by atoms with van der Waals surface area (Å²) in [6, 6.07) is 68.5. The van der Waals surface area contributed by atoms with Crippen LogP contribution in [0.2, 0.25) is 0 Å². The summed E-state index contributed by atoms with van der Waals surface area (Å²) in [5.74, 6) is 2.34. The van der Waals surface area contributed by atoms with Gasteiger partial charge in [-0.1, -0.05) is 176 Å². The van der Waals surface area contributed by atoms with Gasteiger partial charge in [-0.2, -0.15) is 0 Å². The molecule has 0 unspecified atom stereocenters. The lowest BCUT2D eigenvalue weighted by molar-refractivity contribution is 0.653. The molecular formula is C56H34N6O. The Bertz CT molecular complexity index is 3650. The first-order chi connectivity index (χ1) is 31.2. The van der Waals surface area contributed by atoms with Gasteiger partial charge in [0.2, 0.25) is 5.71 Å². The zero-order chi connectivity index (χ0) is 41.7. The van der Waals surface area contributed by atoms with Gasteiger partial charge in [0.1, 0.15) is 11.2 Å². The molecule has 0 aliphatic heterocycles. The summed E-state index contributed by atoms with van der Waals surface area (Å²) >= 11 is 0. The van der Waals surface area contributed by atoms with Gasteiger partial charge in [0.15, 0.2) is 28.9 Å². The first-order valence-electron chi connectivity index (χ1n) is 20.8. The van der Waals surface area contributed by atoms with Crippen molar-refractivity contribution >= 4 is 43.7 Å². The van der Waals surface area contributed by atoms with Crippen molar-refractivity contribution in [1.29, 1.82) is 0 Å². The van der Waals surface area contributed by atoms with E-state index in [-0.39, 0.29) is 0 Å². The fourth-order valence-corrected chi connectivity index (χ4v) is 8.29. The average Bonchev–Trinajstić information content (AvgIpc) is 3.74. The van der Waals surface area contributed by atoms with Crippen LogP contribution in [0, 0.1) is 0 Å². The van der Waals surface area contributed by atoms with E-state index in [2.05, 4.69) is 97.1 Å². The number of fused-ring (bicyclic) bond motifs is 5. The molecule has 7 nitrogen and oxygen atoms in total. The Morgan fingerprint density at radius 1 is 0.302 bits per heavy atom. The van der Waals surface area contributed by atoms with Crippen LogP contribution in [0.15, 0.2) is 211 Å². The third-order valence-electron chi connectivity index (χ3n) is 11.6. The molecule has 0 aliphatic rings. The van der Waals surface area contributed by atoms with Gasteiger partial charge in [0.25, 0.3) is 0 Å². The van der Waals surface area contributed by atoms with E-state index in [1.165, 1.54) is 21.5 Å². The zero-order valence-corrected chi connectivity index (χ0v) is 33.7. The molecular weight excluding hydrogens is 773 g/mol. The van der Waals surface area contributed by atoms with Gasteiger partial charge < -0.3 is 4.42 Å². The summed E-state index contributed by atoms with van der Waals surface area (Å²) < 4.78 is 6.48. The van der Waals surface area contributed by atoms with E-state index in [1.807, 2.05) is 109 Å². The van der Waals surface area contributed by atoms with Gasteiger partial charge in [0, 0.05) is 39.6 Å². The molecule has 0 aliphatic carbocycles. The number of pyridine rings is 1. The summed E-state index contributed by atoms with van der Waals surface area (Å²) in [5.41, 5.74) is 11.2. The number of aromatic nitrogens is 6. The van der Waals surface area contributed by atoms with Crippen LogP contribution in [-0.4, -0.2) is 29.9 Å². The van der Waals surface area contributed by atoms with Gasteiger partial charge in [-0.3, -0.25) is 0 Å². The summed E-state index contributed by atoms with van der Waals surface area (Å²) in [4.78, 5) is 30.1. The highest BCUT2D eigenvalue weighted by atomic mass is 16.3. The molecule has 0 N–H and O–H groups in total. The number of hydrogen-bond acceptors (Lipinski definition) is 7. The molecule has 8 aromatic carbocycles. The van der Waals surface area contributed by atoms with Crippen LogP contribution in [0.4, 0.5) is 0 Å². The predicted molar refractivity (Wildman–Crippen MR) is 254 cm³/mol. The van der Waals surface area contributed by atoms with E-state index in [4.69, 9.17) is 34.3 Å². The summed E-state index contributed by atoms with van der Waals surface area (Å²) in [7, 11) is 0. The fraction of sp³-hybridized carbons (Fsp3) is 0. The molecule has 0 amide bonds. The maximum Gasteiger partial charge on any atom is 0.229 e. The molecule has 12 rings (SSSR count). The van der Waals surface area contributed by atoms with E-state index in [1.54, 1.807) is 0 Å². The summed E-state index contributed by atoms with van der Waals surface area (Å²) in [5, 5.41) is 5.62. The second-order valence-corrected chi connectivity index (χ2v) is 15.6. The van der Waals surface area contributed by atoms with Crippen molar-refractivity contribution in [3.8, 4) is 79.1 Å². The number of hydrogen-bond donors (Lipinski definition) is 0. The van der Waals surface area contributed by atoms with Gasteiger partial charge >= 0.3 is 0 Å². The molecule has 63 heavy (non-hydrogen) atoms. The minimum atomic E-state index is 0.508. The summed E-state index contributed by atoms with van der Waals surface area (Å²) in [6.45, 7) is 0. The van der Waals surface area contributed by atoms with E-state index in [0.29, 0.717) is 45.8 Å². The van der Waals surface area contributed by atoms with Crippen LogP contribution in [0.3, 0.4) is 0 Å². The Morgan fingerprint density at radius 3 is 1.35 bits per heavy atom. The van der Waals surface area contributed by atoms with Crippen LogP contribution in [0.5, 0.6) is 0 Å². The first-order valence-corrected chi connectivity index (χ1v) is 20.8. The average molecular weight is 807 g/mol. The molecule has 0 atom stereocenters. The topological polar surface area (TPSA) is 90.5 Å². The van der Waals surface area contributed by atoms with E-state index in [0.717, 1.165) is 55.5 Å². The lowest BCUT2D eigenvalue weighted by Crippen LogP contribution is -2.00. The highest BCUT2D eigenvalue weighted by Crippen LogP contribution is 2.38. The monoisotopic (exact) mass is 806 g/mol. The molecule has 4 aromatic heterocycles. The molecule has 0 spiro atoms. The number of rotatable bonds is 7. The minimum absolute atomic E-state index is 0.508. The molecule has 294 valence electrons. The molecule has 0 fully saturated rings. The second-order valence-electron chi connectivity index (χ2n) is 15.6. The zero-order valence-electron chi connectivity index (χ0n) is 33.7. The van der Waals surface area contributed by atoms with E-state index >= 15 is 0 Å². The Balaban J connectivity index is 0.947. The van der Waals surface area contributed by atoms with E-state index in [9.17, 15) is 0 Å². The van der Waals surface area contributed by atoms with Crippen molar-refractivity contribution in [2.24, 2.45) is 0 Å². The lowest BCUT2D eigenvalue weighted by Gasteiger charge is -2.10. The maximum atomic E-state index is 6.48. The first kappa shape index (κ1) is 36.2. The van der Waals surface area contributed by atoms with Gasteiger partial charge in [-0.25, -0.2) is 29.9 Å².